The maximum atomic E-state index is 5.63. The molecule has 0 aliphatic carbocycles. The highest BCUT2D eigenvalue weighted by Gasteiger charge is 2.22. The fourth-order valence-corrected chi connectivity index (χ4v) is 2.91. The molecule has 0 radical (unpaired) electrons. The van der Waals surface area contributed by atoms with Gasteiger partial charge in [0.2, 0.25) is 0 Å². The summed E-state index contributed by atoms with van der Waals surface area (Å²) >= 11 is 0. The number of hydrogen-bond donors (Lipinski definition) is 1. The molecular formula is C15H27N3O. The Balaban J connectivity index is 1.84. The number of likely N-dealkylation sites (tertiary alicyclic amines) is 1. The summed E-state index contributed by atoms with van der Waals surface area (Å²) in [6.45, 7) is 5.66. The van der Waals surface area contributed by atoms with Crippen LogP contribution in [0.3, 0.4) is 0 Å². The van der Waals surface area contributed by atoms with E-state index in [-0.39, 0.29) is 0 Å². The van der Waals surface area contributed by atoms with Gasteiger partial charge in [-0.05, 0) is 52.4 Å². The number of nitrogens with one attached hydrogen (secondary N) is 1. The Bertz CT molecular complexity index is 364. The molecule has 1 fully saturated rings. The highest BCUT2D eigenvalue weighted by atomic mass is 16.3. The van der Waals surface area contributed by atoms with Gasteiger partial charge in [-0.2, -0.15) is 0 Å². The van der Waals surface area contributed by atoms with Gasteiger partial charge in [-0.3, -0.25) is 0 Å². The van der Waals surface area contributed by atoms with E-state index < -0.39 is 0 Å². The summed E-state index contributed by atoms with van der Waals surface area (Å²) in [5, 5.41) is 3.16. The molecule has 2 rings (SSSR count). The van der Waals surface area contributed by atoms with Gasteiger partial charge in [0.05, 0.1) is 5.69 Å². The van der Waals surface area contributed by atoms with Gasteiger partial charge in [0.25, 0.3) is 0 Å². The topological polar surface area (TPSA) is 41.3 Å². The van der Waals surface area contributed by atoms with E-state index >= 15 is 0 Å². The third-order valence-electron chi connectivity index (χ3n) is 4.02. The van der Waals surface area contributed by atoms with E-state index in [0.29, 0.717) is 6.04 Å². The van der Waals surface area contributed by atoms with Gasteiger partial charge >= 0.3 is 0 Å². The lowest BCUT2D eigenvalue weighted by molar-refractivity contribution is 0.149. The van der Waals surface area contributed by atoms with Gasteiger partial charge < -0.3 is 14.6 Å². The molecule has 1 aliphatic heterocycles. The highest BCUT2D eigenvalue weighted by molar-refractivity contribution is 4.99. The monoisotopic (exact) mass is 265 g/mol. The van der Waals surface area contributed by atoms with Crippen LogP contribution in [0.4, 0.5) is 0 Å². The molecule has 1 aromatic rings. The molecule has 1 atom stereocenters. The number of oxazole rings is 1. The molecule has 108 valence electrons. The van der Waals surface area contributed by atoms with Gasteiger partial charge in [-0.25, -0.2) is 4.98 Å². The van der Waals surface area contributed by atoms with Gasteiger partial charge in [-0.1, -0.05) is 13.3 Å². The Morgan fingerprint density at radius 3 is 3.16 bits per heavy atom. The van der Waals surface area contributed by atoms with E-state index in [1.807, 2.05) is 13.3 Å². The fourth-order valence-electron chi connectivity index (χ4n) is 2.91. The van der Waals surface area contributed by atoms with Gasteiger partial charge in [0.1, 0.15) is 6.26 Å². The molecule has 1 unspecified atom stereocenters. The van der Waals surface area contributed by atoms with Crippen molar-refractivity contribution < 1.29 is 4.42 Å². The lowest BCUT2D eigenvalue weighted by atomic mass is 9.99. The van der Waals surface area contributed by atoms with Gasteiger partial charge in [-0.15, -0.1) is 0 Å². The Hall–Kier alpha value is -0.870. The Kier molecular flexibility index (Phi) is 5.86. The van der Waals surface area contributed by atoms with E-state index in [1.54, 1.807) is 0 Å². The van der Waals surface area contributed by atoms with E-state index in [9.17, 15) is 0 Å². The second kappa shape index (κ2) is 7.65. The van der Waals surface area contributed by atoms with Crippen LogP contribution in [0, 0.1) is 0 Å². The smallest absolute Gasteiger partial charge is 0.195 e. The van der Waals surface area contributed by atoms with Crippen molar-refractivity contribution in [1.29, 1.82) is 0 Å². The number of aromatic nitrogens is 1. The van der Waals surface area contributed by atoms with Crippen molar-refractivity contribution in [3.8, 4) is 0 Å². The van der Waals surface area contributed by atoms with Crippen LogP contribution >= 0.6 is 0 Å². The van der Waals surface area contributed by atoms with Crippen LogP contribution in [0.2, 0.25) is 0 Å². The second-order valence-corrected chi connectivity index (χ2v) is 5.42. The standard InChI is InChI=1S/C15H27N3O/c1-3-18-10-5-4-8-14(18)11-15-17-13(12-19-15)7-6-9-16-2/h12,14,16H,3-11H2,1-2H3. The molecule has 4 nitrogen and oxygen atoms in total. The van der Waals surface area contributed by atoms with Crippen molar-refractivity contribution in [1.82, 2.24) is 15.2 Å². The SMILES string of the molecule is CCN1CCCCC1Cc1nc(CCCNC)co1. The summed E-state index contributed by atoms with van der Waals surface area (Å²) in [6, 6.07) is 0.627. The Labute approximate surface area is 116 Å². The van der Waals surface area contributed by atoms with Crippen LogP contribution in [0.1, 0.15) is 44.2 Å². The van der Waals surface area contributed by atoms with E-state index in [0.717, 1.165) is 43.9 Å². The number of aryl methyl sites for hydroxylation is 1. The summed E-state index contributed by atoms with van der Waals surface area (Å²) in [5.74, 6) is 0.921. The van der Waals surface area contributed by atoms with Crippen molar-refractivity contribution >= 4 is 0 Å². The molecule has 0 saturated carbocycles. The molecule has 4 heteroatoms. The maximum Gasteiger partial charge on any atom is 0.195 e. The van der Waals surface area contributed by atoms with Crippen LogP contribution in [0.25, 0.3) is 0 Å². The molecular weight excluding hydrogens is 238 g/mol. The fraction of sp³-hybridized carbons (Fsp3) is 0.800. The maximum absolute atomic E-state index is 5.63. The summed E-state index contributed by atoms with van der Waals surface area (Å²) in [6.07, 6.45) is 8.90. The third kappa shape index (κ3) is 4.32. The Morgan fingerprint density at radius 1 is 1.47 bits per heavy atom. The van der Waals surface area contributed by atoms with Crippen LogP contribution in [-0.4, -0.2) is 42.6 Å². The second-order valence-electron chi connectivity index (χ2n) is 5.42. The average Bonchev–Trinajstić information content (AvgIpc) is 2.87. The zero-order chi connectivity index (χ0) is 13.5. The summed E-state index contributed by atoms with van der Waals surface area (Å²) < 4.78 is 5.63. The summed E-state index contributed by atoms with van der Waals surface area (Å²) in [7, 11) is 1.98. The number of rotatable bonds is 7. The van der Waals surface area contributed by atoms with Crippen molar-refractivity contribution in [2.75, 3.05) is 26.7 Å². The highest BCUT2D eigenvalue weighted by Crippen LogP contribution is 2.20. The molecule has 2 heterocycles. The average molecular weight is 265 g/mol. The molecule has 19 heavy (non-hydrogen) atoms. The minimum atomic E-state index is 0.627. The molecule has 1 aliphatic rings. The summed E-state index contributed by atoms with van der Waals surface area (Å²) in [4.78, 5) is 7.19. The lowest BCUT2D eigenvalue weighted by Crippen LogP contribution is -2.40. The minimum Gasteiger partial charge on any atom is -0.449 e. The molecule has 1 N–H and O–H groups in total. The number of hydrogen-bond acceptors (Lipinski definition) is 4. The zero-order valence-electron chi connectivity index (χ0n) is 12.3. The van der Waals surface area contributed by atoms with E-state index in [1.165, 1.54) is 25.8 Å². The number of piperidine rings is 1. The largest absolute Gasteiger partial charge is 0.449 e. The lowest BCUT2D eigenvalue weighted by Gasteiger charge is -2.34. The minimum absolute atomic E-state index is 0.627. The van der Waals surface area contributed by atoms with E-state index in [4.69, 9.17) is 4.42 Å². The third-order valence-corrected chi connectivity index (χ3v) is 4.02. The van der Waals surface area contributed by atoms with Crippen molar-refractivity contribution in [3.63, 3.8) is 0 Å². The molecule has 0 amide bonds. The van der Waals surface area contributed by atoms with Crippen molar-refractivity contribution in [3.05, 3.63) is 17.8 Å². The molecule has 1 aromatic heterocycles. The molecule has 1 saturated heterocycles. The van der Waals surface area contributed by atoms with Crippen LogP contribution < -0.4 is 5.32 Å². The summed E-state index contributed by atoms with van der Waals surface area (Å²) in [5.41, 5.74) is 1.10. The van der Waals surface area contributed by atoms with Crippen LogP contribution in [0.15, 0.2) is 10.7 Å². The predicted octanol–water partition coefficient (Wildman–Crippen LogP) is 2.24. The quantitative estimate of drug-likeness (QED) is 0.768. The van der Waals surface area contributed by atoms with Gasteiger partial charge in [0.15, 0.2) is 5.89 Å². The number of likely N-dealkylation sites (N-methyl/N-ethyl adjacent to an activating group) is 1. The zero-order valence-corrected chi connectivity index (χ0v) is 12.3. The normalized spacial score (nSPS) is 20.8. The first-order valence-electron chi connectivity index (χ1n) is 7.65. The first-order chi connectivity index (χ1) is 9.33. The van der Waals surface area contributed by atoms with Crippen molar-refractivity contribution in [2.45, 2.75) is 51.5 Å². The molecule has 0 aromatic carbocycles. The first-order valence-corrected chi connectivity index (χ1v) is 7.65. The van der Waals surface area contributed by atoms with Crippen LogP contribution in [0.5, 0.6) is 0 Å². The van der Waals surface area contributed by atoms with Crippen LogP contribution in [-0.2, 0) is 12.8 Å². The molecule has 0 bridgehead atoms. The van der Waals surface area contributed by atoms with Crippen molar-refractivity contribution in [2.24, 2.45) is 0 Å². The number of nitrogens with zero attached hydrogens (tertiary/aromatic N) is 2. The van der Waals surface area contributed by atoms with E-state index in [2.05, 4.69) is 22.1 Å². The van der Waals surface area contributed by atoms with Gasteiger partial charge in [0, 0.05) is 12.5 Å². The Morgan fingerprint density at radius 2 is 2.37 bits per heavy atom. The predicted molar refractivity (Wildman–Crippen MR) is 77.3 cm³/mol. The molecule has 0 spiro atoms. The first kappa shape index (κ1) is 14.5.